The molecule has 0 saturated heterocycles. The van der Waals surface area contributed by atoms with Crippen molar-refractivity contribution in [2.75, 3.05) is 0 Å². The molecule has 0 spiro atoms. The van der Waals surface area contributed by atoms with Gasteiger partial charge in [-0.15, -0.1) is 0 Å². The fraction of sp³-hybridized carbons (Fsp3) is 0.292. The van der Waals surface area contributed by atoms with Gasteiger partial charge in [0, 0.05) is 5.56 Å². The second-order valence-electron chi connectivity index (χ2n) is 7.25. The molecule has 5 nitrogen and oxygen atoms in total. The number of hydrogen-bond acceptors (Lipinski definition) is 4. The first-order chi connectivity index (χ1) is 14.4. The van der Waals surface area contributed by atoms with Crippen LogP contribution in [0.25, 0.3) is 0 Å². The number of ether oxygens (including phenoxy) is 1. The molecule has 1 heterocycles. The first kappa shape index (κ1) is 21.8. The third-order valence-corrected chi connectivity index (χ3v) is 5.26. The topological polar surface area (TPSA) is 61.2 Å². The SMILES string of the molecule is CCCc1ccc(C(=O)[C@H](C)OC(=O)c2c(C)nn(Cc3ccccc3)c2Cl)cc1. The van der Waals surface area contributed by atoms with Crippen LogP contribution < -0.4 is 0 Å². The average Bonchev–Trinajstić information content (AvgIpc) is 3.02. The maximum Gasteiger partial charge on any atom is 0.343 e. The van der Waals surface area contributed by atoms with Crippen LogP contribution in [0.2, 0.25) is 5.15 Å². The summed E-state index contributed by atoms with van der Waals surface area (Å²) >= 11 is 6.42. The van der Waals surface area contributed by atoms with E-state index in [1.54, 1.807) is 30.7 Å². The number of esters is 1. The molecule has 0 radical (unpaired) electrons. The zero-order valence-corrected chi connectivity index (χ0v) is 18.1. The van der Waals surface area contributed by atoms with Crippen molar-refractivity contribution in [2.45, 2.75) is 46.3 Å². The van der Waals surface area contributed by atoms with E-state index in [1.165, 1.54) is 5.56 Å². The number of benzene rings is 2. The van der Waals surface area contributed by atoms with Crippen LogP contribution in [-0.4, -0.2) is 27.6 Å². The van der Waals surface area contributed by atoms with E-state index in [2.05, 4.69) is 12.0 Å². The quantitative estimate of drug-likeness (QED) is 0.365. The Bertz CT molecular complexity index is 1030. The van der Waals surface area contributed by atoms with Crippen molar-refractivity contribution in [1.82, 2.24) is 9.78 Å². The summed E-state index contributed by atoms with van der Waals surface area (Å²) in [7, 11) is 0. The molecule has 1 atom stereocenters. The second-order valence-corrected chi connectivity index (χ2v) is 7.61. The summed E-state index contributed by atoms with van der Waals surface area (Å²) in [5.74, 6) is -0.905. The van der Waals surface area contributed by atoms with Gasteiger partial charge in [-0.1, -0.05) is 79.5 Å². The standard InChI is InChI=1S/C24H25ClN2O3/c1-4-8-18-11-13-20(14-12-18)22(28)17(3)30-24(29)21-16(2)26-27(23(21)25)15-19-9-6-5-7-10-19/h5-7,9-14,17H,4,8,15H2,1-3H3/t17-/m0/s1. The number of aromatic nitrogens is 2. The molecule has 0 amide bonds. The lowest BCUT2D eigenvalue weighted by atomic mass is 10.0. The summed E-state index contributed by atoms with van der Waals surface area (Å²) < 4.78 is 6.99. The molecule has 1 aromatic heterocycles. The summed E-state index contributed by atoms with van der Waals surface area (Å²) in [6, 6.07) is 17.1. The molecule has 0 fully saturated rings. The molecule has 3 aromatic rings. The Morgan fingerprint density at radius 3 is 2.37 bits per heavy atom. The van der Waals surface area contributed by atoms with Crippen LogP contribution in [0.1, 0.15) is 57.8 Å². The lowest BCUT2D eigenvalue weighted by Crippen LogP contribution is -2.24. The van der Waals surface area contributed by atoms with Crippen LogP contribution in [0.3, 0.4) is 0 Å². The van der Waals surface area contributed by atoms with E-state index in [-0.39, 0.29) is 16.5 Å². The number of nitrogens with zero attached hydrogens (tertiary/aromatic N) is 2. The van der Waals surface area contributed by atoms with Crippen molar-refractivity contribution in [1.29, 1.82) is 0 Å². The molecule has 0 aliphatic carbocycles. The maximum absolute atomic E-state index is 12.7. The highest BCUT2D eigenvalue weighted by molar-refractivity contribution is 6.32. The number of Topliss-reactive ketones (excluding diaryl/α,β-unsaturated/α-hetero) is 1. The lowest BCUT2D eigenvalue weighted by Gasteiger charge is -2.13. The zero-order valence-electron chi connectivity index (χ0n) is 17.4. The van der Waals surface area contributed by atoms with Crippen LogP contribution in [0, 0.1) is 6.92 Å². The molecule has 0 unspecified atom stereocenters. The highest BCUT2D eigenvalue weighted by atomic mass is 35.5. The van der Waals surface area contributed by atoms with Crippen LogP contribution in [-0.2, 0) is 17.7 Å². The van der Waals surface area contributed by atoms with Gasteiger partial charge in [0.05, 0.1) is 12.2 Å². The van der Waals surface area contributed by atoms with Gasteiger partial charge in [-0.25, -0.2) is 9.48 Å². The maximum atomic E-state index is 12.7. The number of carbonyl (C=O) groups is 2. The van der Waals surface area contributed by atoms with Crippen molar-refractivity contribution in [2.24, 2.45) is 0 Å². The van der Waals surface area contributed by atoms with E-state index in [4.69, 9.17) is 16.3 Å². The molecule has 30 heavy (non-hydrogen) atoms. The Morgan fingerprint density at radius 1 is 1.07 bits per heavy atom. The van der Waals surface area contributed by atoms with Crippen LogP contribution >= 0.6 is 11.6 Å². The number of carbonyl (C=O) groups excluding carboxylic acids is 2. The highest BCUT2D eigenvalue weighted by Gasteiger charge is 2.26. The summed E-state index contributed by atoms with van der Waals surface area (Å²) in [6.45, 7) is 5.81. The molecule has 0 saturated carbocycles. The third-order valence-electron chi connectivity index (χ3n) is 4.87. The van der Waals surface area contributed by atoms with E-state index >= 15 is 0 Å². The second kappa shape index (κ2) is 9.72. The van der Waals surface area contributed by atoms with E-state index in [0.29, 0.717) is 17.8 Å². The largest absolute Gasteiger partial charge is 0.451 e. The van der Waals surface area contributed by atoms with E-state index in [9.17, 15) is 9.59 Å². The summed E-state index contributed by atoms with van der Waals surface area (Å²) in [5, 5.41) is 4.56. The molecular formula is C24H25ClN2O3. The van der Waals surface area contributed by atoms with Crippen LogP contribution in [0.4, 0.5) is 0 Å². The molecule has 0 aliphatic heterocycles. The lowest BCUT2D eigenvalue weighted by molar-refractivity contribution is 0.0318. The number of hydrogen-bond donors (Lipinski definition) is 0. The predicted octanol–water partition coefficient (Wildman–Crippen LogP) is 5.27. The number of halogens is 1. The van der Waals surface area contributed by atoms with Crippen LogP contribution in [0.5, 0.6) is 0 Å². The average molecular weight is 425 g/mol. The van der Waals surface area contributed by atoms with Crippen molar-refractivity contribution >= 4 is 23.4 Å². The Balaban J connectivity index is 1.71. The van der Waals surface area contributed by atoms with Gasteiger partial charge < -0.3 is 4.74 Å². The van der Waals surface area contributed by atoms with Gasteiger partial charge in [0.1, 0.15) is 10.7 Å². The molecule has 3 rings (SSSR count). The van der Waals surface area contributed by atoms with Gasteiger partial charge in [-0.2, -0.15) is 5.10 Å². The van der Waals surface area contributed by atoms with E-state index < -0.39 is 12.1 Å². The zero-order chi connectivity index (χ0) is 21.7. The predicted molar refractivity (Wildman–Crippen MR) is 117 cm³/mol. The van der Waals surface area contributed by atoms with Gasteiger partial charge in [0.2, 0.25) is 5.78 Å². The monoisotopic (exact) mass is 424 g/mol. The minimum Gasteiger partial charge on any atom is -0.451 e. The number of ketones is 1. The highest BCUT2D eigenvalue weighted by Crippen LogP contribution is 2.23. The molecule has 0 bridgehead atoms. The van der Waals surface area contributed by atoms with Crippen molar-refractivity contribution < 1.29 is 14.3 Å². The third kappa shape index (κ3) is 4.97. The first-order valence-electron chi connectivity index (χ1n) is 10.0. The van der Waals surface area contributed by atoms with Gasteiger partial charge in [0.25, 0.3) is 0 Å². The van der Waals surface area contributed by atoms with Gasteiger partial charge in [-0.3, -0.25) is 4.79 Å². The molecule has 6 heteroatoms. The van der Waals surface area contributed by atoms with Gasteiger partial charge >= 0.3 is 5.97 Å². The van der Waals surface area contributed by atoms with E-state index in [0.717, 1.165) is 18.4 Å². The van der Waals surface area contributed by atoms with Gasteiger partial charge in [-0.05, 0) is 31.4 Å². The summed E-state index contributed by atoms with van der Waals surface area (Å²) in [5.41, 5.74) is 3.34. The van der Waals surface area contributed by atoms with Gasteiger partial charge in [0.15, 0.2) is 6.10 Å². The Morgan fingerprint density at radius 2 is 1.73 bits per heavy atom. The molecule has 0 N–H and O–H groups in total. The first-order valence-corrected chi connectivity index (χ1v) is 10.4. The fourth-order valence-electron chi connectivity index (χ4n) is 3.28. The Hall–Kier alpha value is -2.92. The van der Waals surface area contributed by atoms with Crippen molar-refractivity contribution in [3.05, 3.63) is 87.7 Å². The summed E-state index contributed by atoms with van der Waals surface area (Å²) in [6.07, 6.45) is 1.07. The molecule has 156 valence electrons. The minimum absolute atomic E-state index is 0.186. The molecule has 0 aliphatic rings. The number of rotatable bonds is 8. The normalized spacial score (nSPS) is 11.9. The van der Waals surface area contributed by atoms with Crippen molar-refractivity contribution in [3.63, 3.8) is 0 Å². The van der Waals surface area contributed by atoms with Crippen molar-refractivity contribution in [3.8, 4) is 0 Å². The Labute approximate surface area is 181 Å². The van der Waals surface area contributed by atoms with E-state index in [1.807, 2.05) is 42.5 Å². The Kier molecular flexibility index (Phi) is 7.06. The molecule has 2 aromatic carbocycles. The number of aryl methyl sites for hydroxylation is 2. The summed E-state index contributed by atoms with van der Waals surface area (Å²) in [4.78, 5) is 25.4. The minimum atomic E-state index is -0.928. The fourth-order valence-corrected chi connectivity index (χ4v) is 3.59. The van der Waals surface area contributed by atoms with Crippen LogP contribution in [0.15, 0.2) is 54.6 Å². The molecular weight excluding hydrogens is 400 g/mol. The smallest absolute Gasteiger partial charge is 0.343 e.